The fraction of sp³-hybridized carbons (Fsp3) is 0.500. The highest BCUT2D eigenvalue weighted by Crippen LogP contribution is 2.20. The second-order valence-electron chi connectivity index (χ2n) is 9.28. The fourth-order valence-electron chi connectivity index (χ4n) is 4.74. The Bertz CT molecular complexity index is 1070. The number of nitrogens with zero attached hydrogens (tertiary/aromatic N) is 4. The van der Waals surface area contributed by atoms with E-state index in [-0.39, 0.29) is 12.2 Å². The van der Waals surface area contributed by atoms with Crippen LogP contribution in [0.25, 0.3) is 0 Å². The Balaban J connectivity index is 1.21. The molecule has 2 saturated heterocycles. The summed E-state index contributed by atoms with van der Waals surface area (Å²) < 4.78 is 38.3. The molecule has 9 heteroatoms. The molecule has 2 aliphatic heterocycles. The standard InChI is InChI=1S/C26H34N4O4S/c1-35(31,32)30(12-11-22-5-3-2-4-6-22)14-13-28-18-25-20-29(21-26(19-28)34-25)15-16-33-24-9-7-23(17-27)8-10-24/h2-10,25-26H,11-16,18-21H2,1H3. The van der Waals surface area contributed by atoms with Gasteiger partial charge in [-0.15, -0.1) is 0 Å². The summed E-state index contributed by atoms with van der Waals surface area (Å²) in [5.41, 5.74) is 1.77. The van der Waals surface area contributed by atoms with Crippen LogP contribution in [0.15, 0.2) is 54.6 Å². The van der Waals surface area contributed by atoms with Gasteiger partial charge in [0.25, 0.3) is 0 Å². The molecule has 2 aromatic carbocycles. The van der Waals surface area contributed by atoms with Gasteiger partial charge in [0.05, 0.1) is 30.1 Å². The van der Waals surface area contributed by atoms with Gasteiger partial charge in [-0.2, -0.15) is 5.26 Å². The Kier molecular flexibility index (Phi) is 8.76. The van der Waals surface area contributed by atoms with Crippen molar-refractivity contribution in [2.75, 3.05) is 65.2 Å². The average Bonchev–Trinajstić information content (AvgIpc) is 2.84. The Morgan fingerprint density at radius 1 is 0.971 bits per heavy atom. The van der Waals surface area contributed by atoms with E-state index >= 15 is 0 Å². The second-order valence-corrected chi connectivity index (χ2v) is 11.3. The maximum absolute atomic E-state index is 12.3. The molecule has 2 aromatic rings. The van der Waals surface area contributed by atoms with Crippen LogP contribution in [-0.2, 0) is 21.2 Å². The van der Waals surface area contributed by atoms with Gasteiger partial charge < -0.3 is 9.47 Å². The fourth-order valence-corrected chi connectivity index (χ4v) is 5.58. The lowest BCUT2D eigenvalue weighted by atomic mass is 10.1. The van der Waals surface area contributed by atoms with Crippen LogP contribution in [0.1, 0.15) is 11.1 Å². The normalized spacial score (nSPS) is 21.1. The summed E-state index contributed by atoms with van der Waals surface area (Å²) in [6.45, 7) is 6.39. The molecule has 0 spiro atoms. The van der Waals surface area contributed by atoms with Gasteiger partial charge in [-0.25, -0.2) is 12.7 Å². The molecular weight excluding hydrogens is 464 g/mol. The maximum atomic E-state index is 12.3. The van der Waals surface area contributed by atoms with E-state index in [2.05, 4.69) is 15.9 Å². The minimum absolute atomic E-state index is 0.119. The van der Waals surface area contributed by atoms with Crippen molar-refractivity contribution >= 4 is 10.0 Å². The minimum Gasteiger partial charge on any atom is -0.492 e. The highest BCUT2D eigenvalue weighted by Gasteiger charge is 2.35. The minimum atomic E-state index is -3.26. The Hall–Kier alpha value is -2.48. The molecular formula is C26H34N4O4S. The quantitative estimate of drug-likeness (QED) is 0.467. The molecule has 2 unspecified atom stereocenters. The highest BCUT2D eigenvalue weighted by atomic mass is 32.2. The first-order chi connectivity index (χ1) is 16.9. The zero-order chi connectivity index (χ0) is 24.7. The van der Waals surface area contributed by atoms with Gasteiger partial charge >= 0.3 is 0 Å². The summed E-state index contributed by atoms with van der Waals surface area (Å²) in [4.78, 5) is 4.71. The number of benzene rings is 2. The number of nitriles is 1. The van der Waals surface area contributed by atoms with E-state index in [0.717, 1.165) is 44.0 Å². The molecule has 2 bridgehead atoms. The van der Waals surface area contributed by atoms with Crippen molar-refractivity contribution in [3.63, 3.8) is 0 Å². The summed E-state index contributed by atoms with van der Waals surface area (Å²) >= 11 is 0. The number of morpholine rings is 2. The maximum Gasteiger partial charge on any atom is 0.211 e. The smallest absolute Gasteiger partial charge is 0.211 e. The van der Waals surface area contributed by atoms with E-state index in [1.807, 2.05) is 42.5 Å². The summed E-state index contributed by atoms with van der Waals surface area (Å²) in [5.74, 6) is 0.770. The third-order valence-electron chi connectivity index (χ3n) is 6.52. The number of hydrogen-bond acceptors (Lipinski definition) is 7. The van der Waals surface area contributed by atoms with Crippen LogP contribution in [0.4, 0.5) is 0 Å². The van der Waals surface area contributed by atoms with E-state index < -0.39 is 10.0 Å². The first-order valence-electron chi connectivity index (χ1n) is 12.1. The molecule has 2 atom stereocenters. The predicted octanol–water partition coefficient (Wildman–Crippen LogP) is 1.83. The monoisotopic (exact) mass is 498 g/mol. The first-order valence-corrected chi connectivity index (χ1v) is 14.0. The molecule has 0 amide bonds. The Labute approximate surface area is 208 Å². The van der Waals surface area contributed by atoms with Crippen molar-refractivity contribution in [2.45, 2.75) is 18.6 Å². The highest BCUT2D eigenvalue weighted by molar-refractivity contribution is 7.88. The number of fused-ring (bicyclic) bond motifs is 2. The summed E-state index contributed by atoms with van der Waals surface area (Å²) in [5, 5.41) is 8.89. The van der Waals surface area contributed by atoms with Crippen LogP contribution in [0.3, 0.4) is 0 Å². The second kappa shape index (κ2) is 12.0. The molecule has 0 radical (unpaired) electrons. The van der Waals surface area contributed by atoms with Crippen LogP contribution < -0.4 is 4.74 Å². The molecule has 0 saturated carbocycles. The lowest BCUT2D eigenvalue weighted by Crippen LogP contribution is -2.60. The van der Waals surface area contributed by atoms with Gasteiger partial charge in [-0.3, -0.25) is 9.80 Å². The van der Waals surface area contributed by atoms with E-state index in [9.17, 15) is 8.42 Å². The third-order valence-corrected chi connectivity index (χ3v) is 7.82. The van der Waals surface area contributed by atoms with Crippen molar-refractivity contribution in [1.29, 1.82) is 5.26 Å². The molecule has 8 nitrogen and oxygen atoms in total. The molecule has 0 aromatic heterocycles. The number of hydrogen-bond donors (Lipinski definition) is 0. The molecule has 35 heavy (non-hydrogen) atoms. The summed E-state index contributed by atoms with van der Waals surface area (Å²) in [6.07, 6.45) is 2.24. The summed E-state index contributed by atoms with van der Waals surface area (Å²) in [7, 11) is -3.26. The lowest BCUT2D eigenvalue weighted by Gasteiger charge is -2.46. The predicted molar refractivity (Wildman–Crippen MR) is 135 cm³/mol. The SMILES string of the molecule is CS(=O)(=O)N(CCc1ccccc1)CCN1CC2CN(CCOc3ccc(C#N)cc3)CC(C1)O2. The van der Waals surface area contributed by atoms with Gasteiger partial charge in [0.2, 0.25) is 10.0 Å². The molecule has 0 N–H and O–H groups in total. The topological polar surface area (TPSA) is 86.1 Å². The van der Waals surface area contributed by atoms with Crippen molar-refractivity contribution < 1.29 is 17.9 Å². The van der Waals surface area contributed by atoms with Gasteiger partial charge in [-0.05, 0) is 36.2 Å². The van der Waals surface area contributed by atoms with E-state index in [0.29, 0.717) is 38.2 Å². The average molecular weight is 499 g/mol. The van der Waals surface area contributed by atoms with Gasteiger partial charge in [0.1, 0.15) is 12.4 Å². The van der Waals surface area contributed by atoms with Crippen LogP contribution in [0.5, 0.6) is 5.75 Å². The van der Waals surface area contributed by atoms with E-state index in [1.54, 1.807) is 16.4 Å². The first kappa shape index (κ1) is 25.6. The Morgan fingerprint density at radius 2 is 1.60 bits per heavy atom. The number of ether oxygens (including phenoxy) is 2. The van der Waals surface area contributed by atoms with Gasteiger partial charge in [-0.1, -0.05) is 30.3 Å². The van der Waals surface area contributed by atoms with Crippen molar-refractivity contribution in [1.82, 2.24) is 14.1 Å². The van der Waals surface area contributed by atoms with Crippen molar-refractivity contribution in [3.05, 3.63) is 65.7 Å². The van der Waals surface area contributed by atoms with Crippen molar-refractivity contribution in [2.24, 2.45) is 0 Å². The Morgan fingerprint density at radius 3 is 2.20 bits per heavy atom. The summed E-state index contributed by atoms with van der Waals surface area (Å²) in [6, 6.07) is 19.3. The van der Waals surface area contributed by atoms with Crippen LogP contribution in [0, 0.1) is 11.3 Å². The zero-order valence-corrected chi connectivity index (χ0v) is 21.1. The van der Waals surface area contributed by atoms with Crippen molar-refractivity contribution in [3.8, 4) is 11.8 Å². The van der Waals surface area contributed by atoms with Gasteiger partial charge in [0.15, 0.2) is 0 Å². The van der Waals surface area contributed by atoms with E-state index in [4.69, 9.17) is 14.7 Å². The zero-order valence-electron chi connectivity index (χ0n) is 20.3. The number of sulfonamides is 1. The molecule has 4 rings (SSSR count). The largest absolute Gasteiger partial charge is 0.492 e. The molecule has 0 aliphatic carbocycles. The molecule has 2 fully saturated rings. The number of rotatable bonds is 11. The van der Waals surface area contributed by atoms with E-state index in [1.165, 1.54) is 6.26 Å². The van der Waals surface area contributed by atoms with Gasteiger partial charge in [0, 0.05) is 52.4 Å². The van der Waals surface area contributed by atoms with Crippen LogP contribution in [0.2, 0.25) is 0 Å². The molecule has 2 heterocycles. The van der Waals surface area contributed by atoms with Crippen LogP contribution >= 0.6 is 0 Å². The lowest BCUT2D eigenvalue weighted by molar-refractivity contribution is -0.139. The molecule has 2 aliphatic rings. The third kappa shape index (κ3) is 7.75. The molecule has 188 valence electrons. The van der Waals surface area contributed by atoms with Crippen LogP contribution in [-0.4, -0.2) is 100.0 Å².